The Morgan fingerprint density at radius 2 is 1.64 bits per heavy atom. The number of ketones is 1. The lowest BCUT2D eigenvalue weighted by atomic mass is 10.1. The fourth-order valence-corrected chi connectivity index (χ4v) is 2.88. The van der Waals surface area contributed by atoms with Crippen molar-refractivity contribution < 1.29 is 19.1 Å². The Bertz CT molecular complexity index is 821. The normalized spacial score (nSPS) is 14.2. The molecule has 1 aliphatic heterocycles. The number of hydrogen-bond donors (Lipinski definition) is 1. The molecule has 0 aliphatic carbocycles. The molecular weight excluding hydrogens is 321 g/mol. The van der Waals surface area contributed by atoms with Crippen LogP contribution in [-0.4, -0.2) is 29.9 Å². The lowest BCUT2D eigenvalue weighted by Gasteiger charge is -2.18. The molecule has 1 saturated heterocycles. The summed E-state index contributed by atoms with van der Waals surface area (Å²) in [6.45, 7) is 1.69. The van der Waals surface area contributed by atoms with Gasteiger partial charge in [0.15, 0.2) is 5.78 Å². The van der Waals surface area contributed by atoms with Gasteiger partial charge >= 0.3 is 5.97 Å². The van der Waals surface area contributed by atoms with Crippen LogP contribution in [0.1, 0.15) is 39.1 Å². The van der Waals surface area contributed by atoms with Crippen molar-refractivity contribution in [1.82, 2.24) is 0 Å². The Morgan fingerprint density at radius 1 is 1.00 bits per heavy atom. The van der Waals surface area contributed by atoms with E-state index in [-0.39, 0.29) is 17.2 Å². The molecule has 0 spiro atoms. The van der Waals surface area contributed by atoms with Crippen LogP contribution in [0.5, 0.6) is 0 Å². The Balaban J connectivity index is 1.72. The molecule has 1 N–H and O–H groups in total. The van der Waals surface area contributed by atoms with Crippen LogP contribution < -0.4 is 4.90 Å². The highest BCUT2D eigenvalue weighted by Crippen LogP contribution is 2.24. The number of anilines is 1. The number of allylic oxidation sites excluding steroid dienone is 1. The van der Waals surface area contributed by atoms with Crippen LogP contribution in [0.15, 0.2) is 48.5 Å². The summed E-state index contributed by atoms with van der Waals surface area (Å²) in [5.74, 6) is -1.68. The second kappa shape index (κ2) is 7.30. The van der Waals surface area contributed by atoms with E-state index in [9.17, 15) is 14.0 Å². The highest BCUT2D eigenvalue weighted by molar-refractivity contribution is 6.07. The Kier molecular flexibility index (Phi) is 4.93. The largest absolute Gasteiger partial charge is 0.478 e. The average molecular weight is 339 g/mol. The Hall–Kier alpha value is -2.95. The zero-order chi connectivity index (χ0) is 17.8. The van der Waals surface area contributed by atoms with E-state index in [1.165, 1.54) is 24.3 Å². The summed E-state index contributed by atoms with van der Waals surface area (Å²) in [5.41, 5.74) is 1.72. The smallest absolute Gasteiger partial charge is 0.335 e. The van der Waals surface area contributed by atoms with Gasteiger partial charge in [0.2, 0.25) is 0 Å². The highest BCUT2D eigenvalue weighted by atomic mass is 19.1. The minimum atomic E-state index is -1.000. The van der Waals surface area contributed by atoms with E-state index >= 15 is 0 Å². The van der Waals surface area contributed by atoms with Crippen molar-refractivity contribution in [1.29, 1.82) is 0 Å². The van der Waals surface area contributed by atoms with E-state index in [4.69, 9.17) is 5.11 Å². The molecule has 4 nitrogen and oxygen atoms in total. The minimum Gasteiger partial charge on any atom is -0.478 e. The zero-order valence-electron chi connectivity index (χ0n) is 13.6. The molecule has 0 bridgehead atoms. The van der Waals surface area contributed by atoms with E-state index < -0.39 is 5.97 Å². The number of hydrogen-bond acceptors (Lipinski definition) is 3. The lowest BCUT2D eigenvalue weighted by molar-refractivity contribution is 0.0696. The number of carbonyl (C=O) groups is 2. The molecule has 0 unspecified atom stereocenters. The van der Waals surface area contributed by atoms with Gasteiger partial charge in [0.1, 0.15) is 5.82 Å². The summed E-state index contributed by atoms with van der Waals surface area (Å²) in [6, 6.07) is 10.7. The molecule has 0 amide bonds. The van der Waals surface area contributed by atoms with Crippen molar-refractivity contribution in [2.75, 3.05) is 18.0 Å². The number of aromatic carboxylic acids is 1. The number of carbonyl (C=O) groups excluding carboxylic acids is 1. The first-order valence-corrected chi connectivity index (χ1v) is 8.15. The number of carboxylic acids is 1. The van der Waals surface area contributed by atoms with Crippen LogP contribution in [0.4, 0.5) is 10.1 Å². The lowest BCUT2D eigenvalue weighted by Crippen LogP contribution is -2.19. The summed E-state index contributed by atoms with van der Waals surface area (Å²) in [5, 5.41) is 8.86. The van der Waals surface area contributed by atoms with Gasteiger partial charge in [0.05, 0.1) is 11.3 Å². The van der Waals surface area contributed by atoms with Crippen LogP contribution in [0.3, 0.4) is 0 Å². The first-order valence-electron chi connectivity index (χ1n) is 8.15. The quantitative estimate of drug-likeness (QED) is 0.660. The molecule has 2 aromatic rings. The number of benzene rings is 2. The van der Waals surface area contributed by atoms with Crippen molar-refractivity contribution in [2.24, 2.45) is 0 Å². The standard InChI is InChI=1S/C20H18FNO3/c21-17-13-16(8-9-18(17)22-11-1-2-12-22)19(23)10-5-14-3-6-15(7-4-14)20(24)25/h3-10,13H,1-2,11-12H2,(H,24,25)/b10-5+. The Morgan fingerprint density at radius 3 is 2.24 bits per heavy atom. The van der Waals surface area contributed by atoms with E-state index in [2.05, 4.69) is 0 Å². The number of nitrogens with zero attached hydrogens (tertiary/aromatic N) is 1. The van der Waals surface area contributed by atoms with Crippen molar-refractivity contribution in [3.05, 3.63) is 71.0 Å². The summed E-state index contributed by atoms with van der Waals surface area (Å²) in [6.07, 6.45) is 5.06. The maximum absolute atomic E-state index is 14.3. The summed E-state index contributed by atoms with van der Waals surface area (Å²) in [4.78, 5) is 25.0. The van der Waals surface area contributed by atoms with E-state index in [1.54, 1.807) is 30.3 Å². The fourth-order valence-electron chi connectivity index (χ4n) is 2.88. The molecule has 128 valence electrons. The third-order valence-electron chi connectivity index (χ3n) is 4.26. The molecule has 0 aromatic heterocycles. The third kappa shape index (κ3) is 3.94. The van der Waals surface area contributed by atoms with Crippen LogP contribution >= 0.6 is 0 Å². The van der Waals surface area contributed by atoms with Crippen LogP contribution in [0.2, 0.25) is 0 Å². The highest BCUT2D eigenvalue weighted by Gasteiger charge is 2.17. The summed E-state index contributed by atoms with van der Waals surface area (Å²) < 4.78 is 14.3. The average Bonchev–Trinajstić information content (AvgIpc) is 3.14. The van der Waals surface area contributed by atoms with Gasteiger partial charge in [-0.05, 0) is 54.8 Å². The van der Waals surface area contributed by atoms with Crippen LogP contribution in [0, 0.1) is 5.82 Å². The summed E-state index contributed by atoms with van der Waals surface area (Å²) in [7, 11) is 0. The molecule has 0 radical (unpaired) electrons. The van der Waals surface area contributed by atoms with Crippen LogP contribution in [0.25, 0.3) is 6.08 Å². The molecule has 1 aliphatic rings. The van der Waals surface area contributed by atoms with E-state index in [1.807, 2.05) is 4.90 Å². The molecule has 1 fully saturated rings. The molecule has 0 atom stereocenters. The van der Waals surface area contributed by atoms with Gasteiger partial charge in [0.25, 0.3) is 0 Å². The van der Waals surface area contributed by atoms with Gasteiger partial charge in [-0.15, -0.1) is 0 Å². The maximum Gasteiger partial charge on any atom is 0.335 e. The topological polar surface area (TPSA) is 57.6 Å². The Labute approximate surface area is 145 Å². The molecule has 1 heterocycles. The molecule has 5 heteroatoms. The first kappa shape index (κ1) is 16.9. The molecule has 25 heavy (non-hydrogen) atoms. The number of halogens is 1. The van der Waals surface area contributed by atoms with Gasteiger partial charge < -0.3 is 10.0 Å². The molecule has 2 aromatic carbocycles. The monoisotopic (exact) mass is 339 g/mol. The van der Waals surface area contributed by atoms with Gasteiger partial charge in [-0.3, -0.25) is 4.79 Å². The zero-order valence-corrected chi connectivity index (χ0v) is 13.6. The molecular formula is C20H18FNO3. The first-order chi connectivity index (χ1) is 12.0. The SMILES string of the molecule is O=C(O)c1ccc(/C=C/C(=O)c2ccc(N3CCCC3)c(F)c2)cc1. The molecule has 0 saturated carbocycles. The van der Waals surface area contributed by atoms with Gasteiger partial charge in [-0.25, -0.2) is 9.18 Å². The number of carboxylic acid groups (broad SMARTS) is 1. The second-order valence-corrected chi connectivity index (χ2v) is 5.99. The van der Waals surface area contributed by atoms with Crippen molar-refractivity contribution in [2.45, 2.75) is 12.8 Å². The van der Waals surface area contributed by atoms with Crippen molar-refractivity contribution in [3.8, 4) is 0 Å². The predicted octanol–water partition coefficient (Wildman–Crippen LogP) is 4.02. The van der Waals surface area contributed by atoms with Crippen LogP contribution in [-0.2, 0) is 0 Å². The molecule has 3 rings (SSSR count). The van der Waals surface area contributed by atoms with Crippen molar-refractivity contribution in [3.63, 3.8) is 0 Å². The predicted molar refractivity (Wildman–Crippen MR) is 94.6 cm³/mol. The minimum absolute atomic E-state index is 0.183. The third-order valence-corrected chi connectivity index (χ3v) is 4.26. The van der Waals surface area contributed by atoms with Crippen molar-refractivity contribution >= 4 is 23.5 Å². The van der Waals surface area contributed by atoms with Gasteiger partial charge in [-0.1, -0.05) is 18.2 Å². The number of rotatable bonds is 5. The van der Waals surface area contributed by atoms with Gasteiger partial charge in [0, 0.05) is 18.7 Å². The maximum atomic E-state index is 14.3. The summed E-state index contributed by atoms with van der Waals surface area (Å²) >= 11 is 0. The van der Waals surface area contributed by atoms with E-state index in [0.29, 0.717) is 16.8 Å². The van der Waals surface area contributed by atoms with E-state index in [0.717, 1.165) is 25.9 Å². The fraction of sp³-hybridized carbons (Fsp3) is 0.200. The van der Waals surface area contributed by atoms with Gasteiger partial charge in [-0.2, -0.15) is 0 Å². The second-order valence-electron chi connectivity index (χ2n) is 5.99.